The molecule has 2 heterocycles. The third-order valence-corrected chi connectivity index (χ3v) is 5.95. The van der Waals surface area contributed by atoms with Crippen LogP contribution in [0.1, 0.15) is 18.9 Å². The Hall–Kier alpha value is -2.66. The molecule has 25 heavy (non-hydrogen) atoms. The monoisotopic (exact) mass is 357 g/mol. The van der Waals surface area contributed by atoms with Gasteiger partial charge in [0.25, 0.3) is 0 Å². The molecule has 1 unspecified atom stereocenters. The molecule has 0 spiro atoms. The van der Waals surface area contributed by atoms with Crippen molar-refractivity contribution in [1.82, 2.24) is 9.97 Å². The van der Waals surface area contributed by atoms with Gasteiger partial charge in [0, 0.05) is 18.8 Å². The summed E-state index contributed by atoms with van der Waals surface area (Å²) in [6.45, 7) is 2.58. The van der Waals surface area contributed by atoms with Crippen LogP contribution < -0.4 is 10.2 Å². The number of para-hydroxylation sites is 1. The van der Waals surface area contributed by atoms with E-state index in [9.17, 15) is 13.7 Å². The fraction of sp³-hybridized carbons (Fsp3) is 0.353. The molecule has 1 aromatic heterocycles. The zero-order chi connectivity index (χ0) is 17.9. The van der Waals surface area contributed by atoms with Crippen LogP contribution in [-0.2, 0) is 9.84 Å². The highest BCUT2D eigenvalue weighted by molar-refractivity contribution is 7.91. The largest absolute Gasteiger partial charge is 0.339 e. The van der Waals surface area contributed by atoms with Crippen LogP contribution in [0.3, 0.4) is 0 Å². The molecule has 1 saturated heterocycles. The van der Waals surface area contributed by atoms with Gasteiger partial charge in [-0.25, -0.2) is 13.4 Å². The third-order valence-electron chi connectivity index (χ3n) is 4.20. The van der Waals surface area contributed by atoms with Crippen molar-refractivity contribution in [3.05, 3.63) is 42.1 Å². The lowest BCUT2D eigenvalue weighted by Crippen LogP contribution is -2.37. The van der Waals surface area contributed by atoms with Gasteiger partial charge in [0.1, 0.15) is 11.9 Å². The Morgan fingerprint density at radius 3 is 2.84 bits per heavy atom. The summed E-state index contributed by atoms with van der Waals surface area (Å²) >= 11 is 0. The summed E-state index contributed by atoms with van der Waals surface area (Å²) in [5.41, 5.74) is 1.19. The smallest absolute Gasteiger partial charge is 0.227 e. The summed E-state index contributed by atoms with van der Waals surface area (Å²) in [6, 6.07) is 10.9. The van der Waals surface area contributed by atoms with Gasteiger partial charge in [-0.15, -0.1) is 0 Å². The number of anilines is 3. The maximum atomic E-state index is 11.8. The van der Waals surface area contributed by atoms with Crippen molar-refractivity contribution in [3.63, 3.8) is 0 Å². The quantitative estimate of drug-likeness (QED) is 0.875. The van der Waals surface area contributed by atoms with Crippen molar-refractivity contribution in [2.24, 2.45) is 0 Å². The number of sulfone groups is 1. The summed E-state index contributed by atoms with van der Waals surface area (Å²) in [7, 11) is -2.98. The Balaban J connectivity index is 1.84. The van der Waals surface area contributed by atoms with Crippen LogP contribution in [0.5, 0.6) is 0 Å². The first kappa shape index (κ1) is 17.2. The number of benzene rings is 1. The van der Waals surface area contributed by atoms with Crippen LogP contribution in [0.2, 0.25) is 0 Å². The molecule has 8 heteroatoms. The summed E-state index contributed by atoms with van der Waals surface area (Å²) in [4.78, 5) is 10.7. The van der Waals surface area contributed by atoms with Crippen molar-refractivity contribution in [3.8, 4) is 6.07 Å². The van der Waals surface area contributed by atoms with Crippen LogP contribution in [0.25, 0.3) is 0 Å². The first-order valence-electron chi connectivity index (χ1n) is 8.08. The molecular weight excluding hydrogens is 338 g/mol. The average molecular weight is 357 g/mol. The van der Waals surface area contributed by atoms with Crippen LogP contribution >= 0.6 is 0 Å². The van der Waals surface area contributed by atoms with Gasteiger partial charge in [-0.05, 0) is 31.5 Å². The van der Waals surface area contributed by atoms with Crippen molar-refractivity contribution < 1.29 is 8.42 Å². The predicted molar refractivity (Wildman–Crippen MR) is 96.6 cm³/mol. The highest BCUT2D eigenvalue weighted by Gasteiger charge is 2.32. The molecule has 0 bridgehead atoms. The highest BCUT2D eigenvalue weighted by atomic mass is 32.2. The summed E-state index contributed by atoms with van der Waals surface area (Å²) < 4.78 is 23.5. The van der Waals surface area contributed by atoms with E-state index in [1.165, 1.54) is 0 Å². The van der Waals surface area contributed by atoms with Gasteiger partial charge in [-0.1, -0.05) is 12.1 Å². The Morgan fingerprint density at radius 1 is 1.36 bits per heavy atom. The average Bonchev–Trinajstić information content (AvgIpc) is 2.96. The van der Waals surface area contributed by atoms with E-state index < -0.39 is 9.84 Å². The maximum Gasteiger partial charge on any atom is 0.227 e. The van der Waals surface area contributed by atoms with Crippen LogP contribution in [0, 0.1) is 11.3 Å². The van der Waals surface area contributed by atoms with Gasteiger partial charge in [-0.2, -0.15) is 10.2 Å². The second-order valence-electron chi connectivity index (χ2n) is 5.87. The second kappa shape index (κ2) is 7.07. The zero-order valence-electron chi connectivity index (χ0n) is 13.9. The van der Waals surface area contributed by atoms with Crippen LogP contribution in [-0.4, -0.2) is 42.5 Å². The zero-order valence-corrected chi connectivity index (χ0v) is 14.7. The number of rotatable bonds is 5. The minimum absolute atomic E-state index is 0.100. The molecular formula is C17H19N5O2S. The summed E-state index contributed by atoms with van der Waals surface area (Å²) in [5, 5.41) is 12.3. The minimum Gasteiger partial charge on any atom is -0.339 e. The first-order chi connectivity index (χ1) is 12.0. The molecule has 130 valence electrons. The topological polar surface area (TPSA) is 99.0 Å². The fourth-order valence-corrected chi connectivity index (χ4v) is 4.70. The standard InChI is InChI=1S/C17H19N5O2S/c1-2-22(14-8-10-25(23,24)12-14)17-19-9-7-16(21-17)20-15-6-4-3-5-13(15)11-18/h3-7,9,14H,2,8,10,12H2,1H3,(H,19,20,21). The Labute approximate surface area is 147 Å². The normalized spacial score (nSPS) is 18.5. The van der Waals surface area contributed by atoms with Gasteiger partial charge >= 0.3 is 0 Å². The van der Waals surface area contributed by atoms with E-state index in [0.717, 1.165) is 0 Å². The molecule has 0 saturated carbocycles. The van der Waals surface area contributed by atoms with Gasteiger partial charge in [0.2, 0.25) is 5.95 Å². The fourth-order valence-electron chi connectivity index (χ4n) is 2.97. The molecule has 1 aliphatic rings. The van der Waals surface area contributed by atoms with E-state index >= 15 is 0 Å². The number of aromatic nitrogens is 2. The van der Waals surface area contributed by atoms with Crippen LogP contribution in [0.15, 0.2) is 36.5 Å². The first-order valence-corrected chi connectivity index (χ1v) is 9.91. The van der Waals surface area contributed by atoms with Gasteiger partial charge < -0.3 is 10.2 Å². The molecule has 1 fully saturated rings. The molecule has 0 aliphatic carbocycles. The minimum atomic E-state index is -2.98. The number of nitriles is 1. The molecule has 1 N–H and O–H groups in total. The molecule has 1 atom stereocenters. The summed E-state index contributed by atoms with van der Waals surface area (Å²) in [5.74, 6) is 1.40. The SMILES string of the molecule is CCN(c1nccc(Nc2ccccc2C#N)n1)C1CCS(=O)(=O)C1. The lowest BCUT2D eigenvalue weighted by atomic mass is 10.2. The highest BCUT2D eigenvalue weighted by Crippen LogP contribution is 2.24. The second-order valence-corrected chi connectivity index (χ2v) is 8.10. The van der Waals surface area contributed by atoms with Crippen molar-refractivity contribution in [2.45, 2.75) is 19.4 Å². The summed E-state index contributed by atoms with van der Waals surface area (Å²) in [6.07, 6.45) is 2.22. The van der Waals surface area contributed by atoms with Gasteiger partial charge in [0.15, 0.2) is 9.84 Å². The van der Waals surface area contributed by atoms with E-state index in [4.69, 9.17) is 0 Å². The van der Waals surface area contributed by atoms with Crippen LogP contribution in [0.4, 0.5) is 17.5 Å². The molecule has 1 aromatic carbocycles. The number of hydrogen-bond acceptors (Lipinski definition) is 7. The molecule has 2 aromatic rings. The number of nitrogens with zero attached hydrogens (tertiary/aromatic N) is 4. The van der Waals surface area contributed by atoms with Gasteiger partial charge in [0.05, 0.1) is 22.8 Å². The Kier molecular flexibility index (Phi) is 4.86. The third kappa shape index (κ3) is 3.88. The van der Waals surface area contributed by atoms with Crippen molar-refractivity contribution in [1.29, 1.82) is 5.26 Å². The Morgan fingerprint density at radius 2 is 2.16 bits per heavy atom. The van der Waals surface area contributed by atoms with Crippen molar-refractivity contribution >= 4 is 27.3 Å². The molecule has 7 nitrogen and oxygen atoms in total. The molecule has 1 aliphatic heterocycles. The van der Waals surface area contributed by atoms with E-state index in [0.29, 0.717) is 36.0 Å². The molecule has 3 rings (SSSR count). The van der Waals surface area contributed by atoms with E-state index in [-0.39, 0.29) is 17.5 Å². The lowest BCUT2D eigenvalue weighted by Gasteiger charge is -2.27. The lowest BCUT2D eigenvalue weighted by molar-refractivity contribution is 0.599. The van der Waals surface area contributed by atoms with E-state index in [1.54, 1.807) is 24.4 Å². The maximum absolute atomic E-state index is 11.8. The van der Waals surface area contributed by atoms with Crippen molar-refractivity contribution in [2.75, 3.05) is 28.3 Å². The Bertz CT molecular complexity index is 907. The van der Waals surface area contributed by atoms with E-state index in [2.05, 4.69) is 21.4 Å². The predicted octanol–water partition coefficient (Wildman–Crippen LogP) is 2.11. The molecule has 0 radical (unpaired) electrons. The molecule has 0 amide bonds. The van der Waals surface area contributed by atoms with Gasteiger partial charge in [-0.3, -0.25) is 0 Å². The number of hydrogen-bond donors (Lipinski definition) is 1. The van der Waals surface area contributed by atoms with E-state index in [1.807, 2.05) is 24.0 Å². The number of nitrogens with one attached hydrogen (secondary N) is 1.